The van der Waals surface area contributed by atoms with Gasteiger partial charge in [0, 0.05) is 26.7 Å². The third-order valence-electron chi connectivity index (χ3n) is 2.89. The van der Waals surface area contributed by atoms with Gasteiger partial charge in [-0.05, 0) is 12.5 Å². The molecule has 0 aliphatic rings. The molecule has 1 rings (SSSR count). The number of benzene rings is 1. The van der Waals surface area contributed by atoms with Crippen LogP contribution in [0.3, 0.4) is 0 Å². The molecule has 0 aromatic heterocycles. The molecule has 0 aliphatic heterocycles. The predicted octanol–water partition coefficient (Wildman–Crippen LogP) is 1.20. The third-order valence-corrected chi connectivity index (χ3v) is 2.89. The molecule has 3 N–H and O–H groups in total. The van der Waals surface area contributed by atoms with E-state index in [0.29, 0.717) is 0 Å². The molecule has 0 spiro atoms. The Kier molecular flexibility index (Phi) is 6.49. The molecule has 5 heteroatoms. The summed E-state index contributed by atoms with van der Waals surface area (Å²) in [5, 5.41) is 2.81. The third kappa shape index (κ3) is 4.98. The lowest BCUT2D eigenvalue weighted by atomic mass is 10.0. The van der Waals surface area contributed by atoms with E-state index in [1.165, 1.54) is 14.2 Å². The maximum atomic E-state index is 11.9. The van der Waals surface area contributed by atoms with Crippen LogP contribution in [0.15, 0.2) is 30.3 Å². The standard InChI is InChI=1S/C14H22N2O3/c1-10(14(18-2)19-3)16-13(17)9-12(15)11-7-5-4-6-8-11/h4-8,10,12,14H,9,15H2,1-3H3,(H,16,17). The van der Waals surface area contributed by atoms with Crippen LogP contribution >= 0.6 is 0 Å². The Morgan fingerprint density at radius 3 is 2.37 bits per heavy atom. The Morgan fingerprint density at radius 1 is 1.26 bits per heavy atom. The van der Waals surface area contributed by atoms with Gasteiger partial charge in [-0.3, -0.25) is 4.79 Å². The Balaban J connectivity index is 2.47. The quantitative estimate of drug-likeness (QED) is 0.727. The van der Waals surface area contributed by atoms with E-state index in [2.05, 4.69) is 5.32 Å². The van der Waals surface area contributed by atoms with Gasteiger partial charge in [0.25, 0.3) is 0 Å². The van der Waals surface area contributed by atoms with E-state index in [0.717, 1.165) is 5.56 Å². The van der Waals surface area contributed by atoms with Crippen molar-refractivity contribution in [2.75, 3.05) is 14.2 Å². The van der Waals surface area contributed by atoms with Crippen LogP contribution in [0, 0.1) is 0 Å². The Morgan fingerprint density at radius 2 is 1.84 bits per heavy atom. The van der Waals surface area contributed by atoms with Crippen molar-refractivity contribution in [2.24, 2.45) is 5.73 Å². The van der Waals surface area contributed by atoms with E-state index in [1.54, 1.807) is 0 Å². The number of nitrogens with two attached hydrogens (primary N) is 1. The van der Waals surface area contributed by atoms with Crippen LogP contribution in [-0.2, 0) is 14.3 Å². The highest BCUT2D eigenvalue weighted by molar-refractivity contribution is 5.77. The number of rotatable bonds is 7. The smallest absolute Gasteiger partial charge is 0.222 e. The number of nitrogens with one attached hydrogen (secondary N) is 1. The molecule has 1 amide bonds. The van der Waals surface area contributed by atoms with Crippen LogP contribution in [0.2, 0.25) is 0 Å². The number of ether oxygens (including phenoxy) is 2. The van der Waals surface area contributed by atoms with Crippen LogP contribution in [0.4, 0.5) is 0 Å². The summed E-state index contributed by atoms with van der Waals surface area (Å²) >= 11 is 0. The minimum absolute atomic E-state index is 0.122. The van der Waals surface area contributed by atoms with Crippen molar-refractivity contribution in [1.82, 2.24) is 5.32 Å². The lowest BCUT2D eigenvalue weighted by Gasteiger charge is -2.22. The van der Waals surface area contributed by atoms with E-state index < -0.39 is 6.29 Å². The van der Waals surface area contributed by atoms with Crippen LogP contribution in [-0.4, -0.2) is 32.5 Å². The maximum absolute atomic E-state index is 11.9. The lowest BCUT2D eigenvalue weighted by Crippen LogP contribution is -2.43. The summed E-state index contributed by atoms with van der Waals surface area (Å²) in [4.78, 5) is 11.9. The average molecular weight is 266 g/mol. The summed E-state index contributed by atoms with van der Waals surface area (Å²) in [5.41, 5.74) is 6.93. The summed E-state index contributed by atoms with van der Waals surface area (Å²) < 4.78 is 10.2. The van der Waals surface area contributed by atoms with E-state index >= 15 is 0 Å². The van der Waals surface area contributed by atoms with Crippen molar-refractivity contribution < 1.29 is 14.3 Å². The second kappa shape index (κ2) is 7.89. The summed E-state index contributed by atoms with van der Waals surface area (Å²) in [7, 11) is 3.07. The summed E-state index contributed by atoms with van der Waals surface area (Å²) in [6.07, 6.45) is -0.231. The van der Waals surface area contributed by atoms with E-state index in [9.17, 15) is 4.79 Å². The molecule has 0 radical (unpaired) electrons. The van der Waals surface area contributed by atoms with Gasteiger partial charge in [-0.2, -0.15) is 0 Å². The van der Waals surface area contributed by atoms with Gasteiger partial charge in [0.2, 0.25) is 5.91 Å². The number of hydrogen-bond donors (Lipinski definition) is 2. The van der Waals surface area contributed by atoms with Gasteiger partial charge in [0.1, 0.15) is 0 Å². The fraction of sp³-hybridized carbons (Fsp3) is 0.500. The van der Waals surface area contributed by atoms with Crippen molar-refractivity contribution in [3.63, 3.8) is 0 Å². The van der Waals surface area contributed by atoms with Crippen molar-refractivity contribution in [2.45, 2.75) is 31.7 Å². The van der Waals surface area contributed by atoms with Crippen LogP contribution in [0.5, 0.6) is 0 Å². The highest BCUT2D eigenvalue weighted by Gasteiger charge is 2.19. The number of amides is 1. The first-order valence-corrected chi connectivity index (χ1v) is 6.24. The normalized spacial score (nSPS) is 14.2. The van der Waals surface area contributed by atoms with Gasteiger partial charge in [0.05, 0.1) is 6.04 Å². The van der Waals surface area contributed by atoms with Gasteiger partial charge >= 0.3 is 0 Å². The number of hydrogen-bond acceptors (Lipinski definition) is 4. The summed E-state index contributed by atoms with van der Waals surface area (Å²) in [6.45, 7) is 1.82. The lowest BCUT2D eigenvalue weighted by molar-refractivity contribution is -0.136. The van der Waals surface area contributed by atoms with Gasteiger partial charge < -0.3 is 20.5 Å². The summed E-state index contributed by atoms with van der Waals surface area (Å²) in [6, 6.07) is 9.01. The zero-order valence-corrected chi connectivity index (χ0v) is 11.6. The van der Waals surface area contributed by atoms with E-state index in [4.69, 9.17) is 15.2 Å². The van der Waals surface area contributed by atoms with Gasteiger partial charge in [-0.1, -0.05) is 30.3 Å². The highest BCUT2D eigenvalue weighted by atomic mass is 16.7. The van der Waals surface area contributed by atoms with Crippen LogP contribution in [0.25, 0.3) is 0 Å². The molecule has 0 aliphatic carbocycles. The predicted molar refractivity (Wildman–Crippen MR) is 73.4 cm³/mol. The first-order chi connectivity index (χ1) is 9.08. The minimum atomic E-state index is -0.461. The molecule has 5 nitrogen and oxygen atoms in total. The average Bonchev–Trinajstić information content (AvgIpc) is 2.40. The van der Waals surface area contributed by atoms with Gasteiger partial charge in [-0.25, -0.2) is 0 Å². The minimum Gasteiger partial charge on any atom is -0.354 e. The second-order valence-electron chi connectivity index (χ2n) is 4.42. The zero-order valence-electron chi connectivity index (χ0n) is 11.6. The summed E-state index contributed by atoms with van der Waals surface area (Å²) in [5.74, 6) is -0.122. The second-order valence-corrected chi connectivity index (χ2v) is 4.42. The van der Waals surface area contributed by atoms with Gasteiger partial charge in [-0.15, -0.1) is 0 Å². The van der Waals surface area contributed by atoms with Gasteiger partial charge in [0.15, 0.2) is 6.29 Å². The van der Waals surface area contributed by atoms with Crippen LogP contribution in [0.1, 0.15) is 24.9 Å². The molecule has 19 heavy (non-hydrogen) atoms. The first kappa shape index (κ1) is 15.6. The maximum Gasteiger partial charge on any atom is 0.222 e. The molecule has 0 saturated carbocycles. The molecule has 0 fully saturated rings. The SMILES string of the molecule is COC(OC)C(C)NC(=O)CC(N)c1ccccc1. The monoisotopic (exact) mass is 266 g/mol. The molecular weight excluding hydrogens is 244 g/mol. The molecular formula is C14H22N2O3. The van der Waals surface area contributed by atoms with Crippen molar-refractivity contribution in [1.29, 1.82) is 0 Å². The Labute approximate surface area is 114 Å². The molecule has 0 heterocycles. The molecule has 1 aromatic rings. The fourth-order valence-electron chi connectivity index (χ4n) is 1.90. The molecule has 0 bridgehead atoms. The molecule has 2 unspecified atom stereocenters. The molecule has 0 saturated heterocycles. The zero-order chi connectivity index (χ0) is 14.3. The number of carbonyl (C=O) groups is 1. The van der Waals surface area contributed by atoms with Crippen molar-refractivity contribution in [3.05, 3.63) is 35.9 Å². The first-order valence-electron chi connectivity index (χ1n) is 6.24. The van der Waals surface area contributed by atoms with Crippen molar-refractivity contribution in [3.8, 4) is 0 Å². The molecule has 2 atom stereocenters. The fourth-order valence-corrected chi connectivity index (χ4v) is 1.90. The Bertz CT molecular complexity index is 380. The number of carbonyl (C=O) groups excluding carboxylic acids is 1. The van der Waals surface area contributed by atoms with Crippen molar-refractivity contribution >= 4 is 5.91 Å². The molecule has 1 aromatic carbocycles. The van der Waals surface area contributed by atoms with Crippen LogP contribution < -0.4 is 11.1 Å². The topological polar surface area (TPSA) is 73.6 Å². The number of methoxy groups -OCH3 is 2. The van der Waals surface area contributed by atoms with E-state index in [-0.39, 0.29) is 24.4 Å². The largest absolute Gasteiger partial charge is 0.354 e. The Hall–Kier alpha value is -1.43. The van der Waals surface area contributed by atoms with E-state index in [1.807, 2.05) is 37.3 Å². The molecule has 106 valence electrons. The highest BCUT2D eigenvalue weighted by Crippen LogP contribution is 2.13.